The maximum atomic E-state index is 12.0. The number of hydrogen-bond acceptors (Lipinski definition) is 4. The summed E-state index contributed by atoms with van der Waals surface area (Å²) in [5, 5.41) is 20.9. The number of nitriles is 1. The van der Waals surface area contributed by atoms with Gasteiger partial charge in [0.1, 0.15) is 5.75 Å². The molecule has 1 amide bonds. The van der Waals surface area contributed by atoms with E-state index in [1.54, 1.807) is 18.2 Å². The summed E-state index contributed by atoms with van der Waals surface area (Å²) < 4.78 is 0.591. The first-order valence-corrected chi connectivity index (χ1v) is 6.05. The summed E-state index contributed by atoms with van der Waals surface area (Å²) in [6.07, 6.45) is 2.62. The van der Waals surface area contributed by atoms with Crippen molar-refractivity contribution in [1.29, 1.82) is 5.26 Å². The third-order valence-corrected chi connectivity index (χ3v) is 3.05. The Morgan fingerprint density at radius 3 is 2.84 bits per heavy atom. The van der Waals surface area contributed by atoms with Crippen LogP contribution in [0.3, 0.4) is 0 Å². The minimum absolute atomic E-state index is 0.131. The van der Waals surface area contributed by atoms with Crippen LogP contribution in [0.15, 0.2) is 41.1 Å². The smallest absolute Gasteiger partial charge is 0.259 e. The number of aromatic hydroxyl groups is 1. The zero-order chi connectivity index (χ0) is 13.8. The van der Waals surface area contributed by atoms with Gasteiger partial charge in [-0.1, -0.05) is 0 Å². The van der Waals surface area contributed by atoms with Crippen LogP contribution in [-0.4, -0.2) is 16.0 Å². The molecule has 1 aromatic heterocycles. The predicted octanol–water partition coefficient (Wildman–Crippen LogP) is 2.67. The van der Waals surface area contributed by atoms with E-state index in [2.05, 4.69) is 26.2 Å². The maximum Gasteiger partial charge on any atom is 0.259 e. The Kier molecular flexibility index (Phi) is 3.78. The molecule has 0 spiro atoms. The number of aromatic nitrogens is 1. The highest BCUT2D eigenvalue weighted by molar-refractivity contribution is 9.10. The van der Waals surface area contributed by atoms with Crippen molar-refractivity contribution in [3.8, 4) is 11.8 Å². The van der Waals surface area contributed by atoms with Crippen LogP contribution in [0.5, 0.6) is 5.75 Å². The minimum Gasteiger partial charge on any atom is -0.505 e. The van der Waals surface area contributed by atoms with E-state index in [-0.39, 0.29) is 11.3 Å². The second-order valence-electron chi connectivity index (χ2n) is 3.65. The van der Waals surface area contributed by atoms with E-state index in [0.717, 1.165) is 0 Å². The average molecular weight is 318 g/mol. The molecule has 94 valence electrons. The van der Waals surface area contributed by atoms with E-state index in [0.29, 0.717) is 15.7 Å². The molecule has 2 N–H and O–H groups in total. The van der Waals surface area contributed by atoms with E-state index >= 15 is 0 Å². The van der Waals surface area contributed by atoms with Crippen LogP contribution in [0, 0.1) is 11.3 Å². The molecule has 1 aromatic carbocycles. The molecule has 0 bridgehead atoms. The topological polar surface area (TPSA) is 86.0 Å². The second kappa shape index (κ2) is 5.50. The summed E-state index contributed by atoms with van der Waals surface area (Å²) in [5.74, 6) is -0.643. The maximum absolute atomic E-state index is 12.0. The molecule has 0 radical (unpaired) electrons. The van der Waals surface area contributed by atoms with Crippen molar-refractivity contribution >= 4 is 27.5 Å². The number of nitrogens with one attached hydrogen (secondary N) is 1. The summed E-state index contributed by atoms with van der Waals surface area (Å²) in [6, 6.07) is 8.22. The SMILES string of the molecule is N#Cc1ccc(NC(=O)c2ccncc2O)c(Br)c1. The van der Waals surface area contributed by atoms with E-state index in [4.69, 9.17) is 5.26 Å². The van der Waals surface area contributed by atoms with Gasteiger partial charge < -0.3 is 10.4 Å². The number of pyridine rings is 1. The fraction of sp³-hybridized carbons (Fsp3) is 0. The molecule has 0 aliphatic rings. The number of nitrogens with zero attached hydrogens (tertiary/aromatic N) is 2. The van der Waals surface area contributed by atoms with Gasteiger partial charge in [0.15, 0.2) is 0 Å². The van der Waals surface area contributed by atoms with Gasteiger partial charge >= 0.3 is 0 Å². The van der Waals surface area contributed by atoms with Gasteiger partial charge in [0.2, 0.25) is 0 Å². The van der Waals surface area contributed by atoms with E-state index in [1.807, 2.05) is 6.07 Å². The molecule has 19 heavy (non-hydrogen) atoms. The van der Waals surface area contributed by atoms with Crippen LogP contribution in [0.2, 0.25) is 0 Å². The summed E-state index contributed by atoms with van der Waals surface area (Å²) in [6.45, 7) is 0. The number of amides is 1. The van der Waals surface area contributed by atoms with Gasteiger partial charge in [-0.3, -0.25) is 9.78 Å². The van der Waals surface area contributed by atoms with E-state index in [1.165, 1.54) is 18.5 Å². The normalized spacial score (nSPS) is 9.68. The van der Waals surface area contributed by atoms with Gasteiger partial charge in [0, 0.05) is 10.7 Å². The number of hydrogen-bond donors (Lipinski definition) is 2. The molecule has 2 rings (SSSR count). The summed E-state index contributed by atoms with van der Waals surface area (Å²) >= 11 is 3.27. The fourth-order valence-corrected chi connectivity index (χ4v) is 1.93. The molecule has 0 aliphatic carbocycles. The monoisotopic (exact) mass is 317 g/mol. The Morgan fingerprint density at radius 1 is 1.42 bits per heavy atom. The zero-order valence-corrected chi connectivity index (χ0v) is 11.2. The predicted molar refractivity (Wildman–Crippen MR) is 72.7 cm³/mol. The molecule has 0 saturated heterocycles. The highest BCUT2D eigenvalue weighted by atomic mass is 79.9. The quantitative estimate of drug-likeness (QED) is 0.891. The average Bonchev–Trinajstić information content (AvgIpc) is 2.41. The zero-order valence-electron chi connectivity index (χ0n) is 9.59. The largest absolute Gasteiger partial charge is 0.505 e. The number of carbonyl (C=O) groups excluding carboxylic acids is 1. The molecular weight excluding hydrogens is 310 g/mol. The van der Waals surface area contributed by atoms with E-state index in [9.17, 15) is 9.90 Å². The van der Waals surface area contributed by atoms with Gasteiger partial charge in [-0.15, -0.1) is 0 Å². The van der Waals surface area contributed by atoms with Crippen molar-refractivity contribution in [2.45, 2.75) is 0 Å². The Morgan fingerprint density at radius 2 is 2.21 bits per heavy atom. The van der Waals surface area contributed by atoms with Crippen LogP contribution < -0.4 is 5.32 Å². The lowest BCUT2D eigenvalue weighted by Gasteiger charge is -2.08. The van der Waals surface area contributed by atoms with Gasteiger partial charge in [-0.2, -0.15) is 5.26 Å². The fourth-order valence-electron chi connectivity index (χ4n) is 1.45. The number of carbonyl (C=O) groups is 1. The Hall–Kier alpha value is -2.39. The Labute approximate surface area is 117 Å². The molecule has 5 nitrogen and oxygen atoms in total. The minimum atomic E-state index is -0.453. The number of rotatable bonds is 2. The van der Waals surface area contributed by atoms with Gasteiger partial charge in [-0.25, -0.2) is 0 Å². The molecule has 0 atom stereocenters. The van der Waals surface area contributed by atoms with Gasteiger partial charge in [0.25, 0.3) is 5.91 Å². The Bertz CT molecular complexity index is 680. The third-order valence-electron chi connectivity index (χ3n) is 2.39. The first kappa shape index (κ1) is 13.1. The molecule has 6 heteroatoms. The first-order valence-electron chi connectivity index (χ1n) is 5.26. The lowest BCUT2D eigenvalue weighted by atomic mass is 10.2. The molecule has 0 saturated carbocycles. The van der Waals surface area contributed by atoms with Crippen LogP contribution >= 0.6 is 15.9 Å². The highest BCUT2D eigenvalue weighted by Gasteiger charge is 2.12. The molecule has 0 aliphatic heterocycles. The Balaban J connectivity index is 2.25. The summed E-state index contributed by atoms with van der Waals surface area (Å²) in [5.41, 5.74) is 1.13. The molecule has 1 heterocycles. The number of benzene rings is 1. The van der Waals surface area contributed by atoms with Crippen molar-refractivity contribution in [3.05, 3.63) is 52.3 Å². The summed E-state index contributed by atoms with van der Waals surface area (Å²) in [4.78, 5) is 15.7. The molecule has 2 aromatic rings. The number of halogens is 1. The van der Waals surface area contributed by atoms with Crippen LogP contribution in [-0.2, 0) is 0 Å². The third kappa shape index (κ3) is 2.89. The van der Waals surface area contributed by atoms with Crippen LogP contribution in [0.4, 0.5) is 5.69 Å². The van der Waals surface area contributed by atoms with Crippen molar-refractivity contribution in [2.75, 3.05) is 5.32 Å². The van der Waals surface area contributed by atoms with Gasteiger partial charge in [-0.05, 0) is 40.2 Å². The molecular formula is C13H8BrN3O2. The van der Waals surface area contributed by atoms with Crippen molar-refractivity contribution in [1.82, 2.24) is 4.98 Å². The summed E-state index contributed by atoms with van der Waals surface area (Å²) in [7, 11) is 0. The van der Waals surface area contributed by atoms with Crippen molar-refractivity contribution in [3.63, 3.8) is 0 Å². The lowest BCUT2D eigenvalue weighted by Crippen LogP contribution is -2.12. The van der Waals surface area contributed by atoms with Crippen LogP contribution in [0.25, 0.3) is 0 Å². The lowest BCUT2D eigenvalue weighted by molar-refractivity contribution is 0.102. The van der Waals surface area contributed by atoms with Gasteiger partial charge in [0.05, 0.1) is 29.1 Å². The van der Waals surface area contributed by atoms with E-state index < -0.39 is 5.91 Å². The molecule has 0 unspecified atom stereocenters. The standard InChI is InChI=1S/C13H8BrN3O2/c14-10-5-8(6-15)1-2-11(10)17-13(19)9-3-4-16-7-12(9)18/h1-5,7,18H,(H,17,19). The first-order chi connectivity index (χ1) is 9.11. The number of anilines is 1. The second-order valence-corrected chi connectivity index (χ2v) is 4.51. The molecule has 0 fully saturated rings. The van der Waals surface area contributed by atoms with Crippen LogP contribution in [0.1, 0.15) is 15.9 Å². The highest BCUT2D eigenvalue weighted by Crippen LogP contribution is 2.25. The van der Waals surface area contributed by atoms with Crippen molar-refractivity contribution in [2.24, 2.45) is 0 Å². The van der Waals surface area contributed by atoms with Crippen molar-refractivity contribution < 1.29 is 9.90 Å².